The highest BCUT2D eigenvalue weighted by molar-refractivity contribution is 5.94. The summed E-state index contributed by atoms with van der Waals surface area (Å²) in [6, 6.07) is 8.91. The molecule has 1 aromatic carbocycles. The van der Waals surface area contributed by atoms with Crippen LogP contribution in [-0.4, -0.2) is 59.0 Å². The summed E-state index contributed by atoms with van der Waals surface area (Å²) in [5.74, 6) is 1.38. The molecule has 10 nitrogen and oxygen atoms in total. The number of ketones is 1. The number of fused-ring (bicyclic) bond motifs is 1. The van der Waals surface area contributed by atoms with E-state index < -0.39 is 6.04 Å². The fourth-order valence-electron chi connectivity index (χ4n) is 4.61. The van der Waals surface area contributed by atoms with Crippen molar-refractivity contribution < 1.29 is 23.3 Å². The van der Waals surface area contributed by atoms with E-state index in [2.05, 4.69) is 25.3 Å². The third kappa shape index (κ3) is 6.06. The molecule has 1 N–H and O–H groups in total. The first kappa shape index (κ1) is 26.3. The topological polar surface area (TPSA) is 124 Å². The maximum atomic E-state index is 12.9. The Labute approximate surface area is 226 Å². The van der Waals surface area contributed by atoms with Crippen molar-refractivity contribution in [3.8, 4) is 17.1 Å². The number of amides is 1. The van der Waals surface area contributed by atoms with E-state index in [1.54, 1.807) is 19.4 Å². The van der Waals surface area contributed by atoms with Gasteiger partial charge in [-0.3, -0.25) is 14.6 Å². The van der Waals surface area contributed by atoms with E-state index in [0.717, 1.165) is 35.2 Å². The number of benzene rings is 1. The monoisotopic (exact) mass is 529 g/mol. The Bertz CT molecular complexity index is 1490. The molecular weight excluding hydrogens is 498 g/mol. The molecule has 0 bridgehead atoms. The van der Waals surface area contributed by atoms with Crippen LogP contribution in [0.2, 0.25) is 0 Å². The van der Waals surface area contributed by atoms with Crippen molar-refractivity contribution in [1.29, 1.82) is 0 Å². The van der Waals surface area contributed by atoms with E-state index in [1.807, 2.05) is 50.4 Å². The van der Waals surface area contributed by atoms with Gasteiger partial charge in [-0.05, 0) is 38.9 Å². The number of rotatable bonds is 11. The third-order valence-corrected chi connectivity index (χ3v) is 6.79. The second kappa shape index (κ2) is 11.6. The Morgan fingerprint density at radius 3 is 2.82 bits per heavy atom. The van der Waals surface area contributed by atoms with Gasteiger partial charge in [-0.1, -0.05) is 23.4 Å². The summed E-state index contributed by atoms with van der Waals surface area (Å²) >= 11 is 0. The van der Waals surface area contributed by atoms with Crippen molar-refractivity contribution in [1.82, 2.24) is 25.3 Å². The number of hydrogen-bond donors (Lipinski definition) is 1. The first-order valence-corrected chi connectivity index (χ1v) is 12.9. The molecule has 1 fully saturated rings. The largest absolute Gasteiger partial charge is 0.496 e. The number of allylic oxidation sites excluding steroid dienone is 1. The number of Topliss-reactive ketones (excluding diaryl/α,β-unsaturated/α-hetero) is 1. The second-order valence-corrected chi connectivity index (χ2v) is 9.79. The van der Waals surface area contributed by atoms with Crippen LogP contribution in [0.25, 0.3) is 22.2 Å². The number of hydrogen-bond acceptors (Lipinski definition) is 9. The van der Waals surface area contributed by atoms with E-state index in [-0.39, 0.29) is 17.6 Å². The molecule has 10 heteroatoms. The zero-order chi connectivity index (χ0) is 27.4. The number of carbonyl (C=O) groups is 2. The van der Waals surface area contributed by atoms with Crippen molar-refractivity contribution in [2.45, 2.75) is 32.2 Å². The van der Waals surface area contributed by atoms with E-state index in [4.69, 9.17) is 13.7 Å². The summed E-state index contributed by atoms with van der Waals surface area (Å²) < 4.78 is 16.6. The highest BCUT2D eigenvalue weighted by atomic mass is 16.5. The van der Waals surface area contributed by atoms with E-state index in [1.165, 1.54) is 6.26 Å². The molecule has 3 aromatic heterocycles. The number of aromatic nitrogens is 3. The summed E-state index contributed by atoms with van der Waals surface area (Å²) in [5.41, 5.74) is 2.83. The molecule has 0 radical (unpaired) electrons. The van der Waals surface area contributed by atoms with Gasteiger partial charge in [0.05, 0.1) is 30.3 Å². The van der Waals surface area contributed by atoms with Gasteiger partial charge >= 0.3 is 0 Å². The lowest BCUT2D eigenvalue weighted by Crippen LogP contribution is -2.52. The first-order chi connectivity index (χ1) is 18.9. The Hall–Kier alpha value is -4.31. The van der Waals surface area contributed by atoms with E-state index in [0.29, 0.717) is 42.4 Å². The van der Waals surface area contributed by atoms with Crippen molar-refractivity contribution in [3.05, 3.63) is 72.2 Å². The lowest BCUT2D eigenvalue weighted by molar-refractivity contribution is -0.130. The summed E-state index contributed by atoms with van der Waals surface area (Å²) in [6.45, 7) is 3.38. The van der Waals surface area contributed by atoms with Crippen LogP contribution in [0.5, 0.6) is 5.75 Å². The van der Waals surface area contributed by atoms with Gasteiger partial charge in [0.2, 0.25) is 11.8 Å². The van der Waals surface area contributed by atoms with Gasteiger partial charge in [0, 0.05) is 42.7 Å². The SMILES string of the molecule is COc1cc2nc(C)ccc2cc1-c1cnc(C(C/C=C/CCC(=O)c2ccon2)NC(=O)C2CN(C)C2)o1. The summed E-state index contributed by atoms with van der Waals surface area (Å²) in [7, 11) is 3.59. The van der Waals surface area contributed by atoms with Gasteiger partial charge in [0.25, 0.3) is 0 Å². The Morgan fingerprint density at radius 2 is 2.08 bits per heavy atom. The third-order valence-electron chi connectivity index (χ3n) is 6.79. The minimum Gasteiger partial charge on any atom is -0.496 e. The molecule has 39 heavy (non-hydrogen) atoms. The molecule has 4 heterocycles. The molecule has 1 aliphatic rings. The number of aryl methyl sites for hydroxylation is 1. The van der Waals surface area contributed by atoms with Crippen LogP contribution < -0.4 is 10.1 Å². The number of oxazole rings is 1. The Balaban J connectivity index is 1.33. The van der Waals surface area contributed by atoms with Gasteiger partial charge in [-0.2, -0.15) is 0 Å². The van der Waals surface area contributed by atoms with Crippen LogP contribution in [0.3, 0.4) is 0 Å². The minimum atomic E-state index is -0.463. The van der Waals surface area contributed by atoms with E-state index >= 15 is 0 Å². The maximum Gasteiger partial charge on any atom is 0.226 e. The van der Waals surface area contributed by atoms with Crippen molar-refractivity contribution in [2.75, 3.05) is 27.2 Å². The zero-order valence-corrected chi connectivity index (χ0v) is 22.2. The quantitative estimate of drug-likeness (QED) is 0.221. The van der Waals surface area contributed by atoms with Crippen LogP contribution in [-0.2, 0) is 4.79 Å². The number of ether oxygens (including phenoxy) is 1. The Kier molecular flexibility index (Phi) is 7.83. The number of nitrogens with one attached hydrogen (secondary N) is 1. The number of carbonyl (C=O) groups excluding carboxylic acids is 2. The van der Waals surface area contributed by atoms with Gasteiger partial charge in [0.15, 0.2) is 11.5 Å². The molecule has 4 aromatic rings. The molecule has 1 amide bonds. The second-order valence-electron chi connectivity index (χ2n) is 9.79. The summed E-state index contributed by atoms with van der Waals surface area (Å²) in [6.07, 6.45) is 8.20. The first-order valence-electron chi connectivity index (χ1n) is 12.9. The normalized spacial score (nSPS) is 14.9. The number of likely N-dealkylation sites (tertiary alicyclic amines) is 1. The molecule has 1 unspecified atom stereocenters. The highest BCUT2D eigenvalue weighted by Gasteiger charge is 2.32. The zero-order valence-electron chi connectivity index (χ0n) is 22.2. The average Bonchev–Trinajstić information content (AvgIpc) is 3.62. The number of methoxy groups -OCH3 is 1. The molecule has 1 atom stereocenters. The predicted molar refractivity (Wildman–Crippen MR) is 144 cm³/mol. The molecule has 1 aliphatic heterocycles. The van der Waals surface area contributed by atoms with Gasteiger partial charge in [-0.15, -0.1) is 0 Å². The Morgan fingerprint density at radius 1 is 1.23 bits per heavy atom. The van der Waals surface area contributed by atoms with Gasteiger partial charge in [-0.25, -0.2) is 4.98 Å². The summed E-state index contributed by atoms with van der Waals surface area (Å²) in [4.78, 5) is 36.2. The molecule has 202 valence electrons. The molecule has 5 rings (SSSR count). The van der Waals surface area contributed by atoms with Gasteiger partial charge < -0.3 is 23.9 Å². The fraction of sp³-hybridized carbons (Fsp3) is 0.345. The molecule has 0 spiro atoms. The van der Waals surface area contributed by atoms with Crippen molar-refractivity contribution in [3.63, 3.8) is 0 Å². The number of pyridine rings is 1. The molecule has 0 saturated carbocycles. The van der Waals surface area contributed by atoms with Crippen molar-refractivity contribution in [2.24, 2.45) is 5.92 Å². The summed E-state index contributed by atoms with van der Waals surface area (Å²) in [5, 5.41) is 7.74. The lowest BCUT2D eigenvalue weighted by Gasteiger charge is -2.35. The van der Waals surface area contributed by atoms with Crippen LogP contribution in [0.4, 0.5) is 0 Å². The molecule has 0 aliphatic carbocycles. The molecular formula is C29H31N5O5. The highest BCUT2D eigenvalue weighted by Crippen LogP contribution is 2.35. The smallest absolute Gasteiger partial charge is 0.226 e. The van der Waals surface area contributed by atoms with Gasteiger partial charge in [0.1, 0.15) is 23.7 Å². The maximum absolute atomic E-state index is 12.9. The lowest BCUT2D eigenvalue weighted by atomic mass is 9.99. The standard InChI is InChI=1S/C29H31N5O5/c1-18-9-10-19-13-21(26(37-3)14-24(19)31-18)27-15-30-29(39-27)23(32-28(36)20-16-34(2)17-20)7-5-4-6-8-25(35)22-11-12-38-33-22/h4-5,9-15,20,23H,6-8,16-17H2,1-3H3,(H,32,36)/b5-4+. The van der Waals surface area contributed by atoms with Crippen LogP contribution in [0, 0.1) is 12.8 Å². The predicted octanol–water partition coefficient (Wildman–Crippen LogP) is 4.52. The molecule has 1 saturated heterocycles. The van der Waals surface area contributed by atoms with Crippen LogP contribution >= 0.6 is 0 Å². The van der Waals surface area contributed by atoms with E-state index in [9.17, 15) is 9.59 Å². The van der Waals surface area contributed by atoms with Crippen LogP contribution in [0.1, 0.15) is 47.4 Å². The number of nitrogens with zero attached hydrogens (tertiary/aromatic N) is 4. The van der Waals surface area contributed by atoms with Crippen LogP contribution in [0.15, 0.2) is 63.9 Å². The van der Waals surface area contributed by atoms with Crippen molar-refractivity contribution >= 4 is 22.6 Å². The minimum absolute atomic E-state index is 0.0304. The average molecular weight is 530 g/mol. The fourth-order valence-corrected chi connectivity index (χ4v) is 4.61.